The molecule has 0 unspecified atom stereocenters. The van der Waals surface area contributed by atoms with E-state index >= 15 is 0 Å². The second kappa shape index (κ2) is 8.75. The van der Waals surface area contributed by atoms with E-state index in [0.29, 0.717) is 0 Å². The fourth-order valence-electron chi connectivity index (χ4n) is 2.86. The van der Waals surface area contributed by atoms with Crippen LogP contribution in [0.4, 0.5) is 0 Å². The number of pyridine rings is 1. The quantitative estimate of drug-likeness (QED) is 0.434. The first-order chi connectivity index (χ1) is 13.5. The molecule has 1 amide bonds. The topological polar surface area (TPSA) is 91.7 Å². The standard InChI is InChI=1S/C22H22N2O4/c1-22(21(26)24-27,20(25)19-9-5-6-14-23-19)28-15-16-10-12-18(13-11-16)17-7-3-2-4-8-17/h2-14,20,25,27H,15H2,1H3,(H,24,26)/t20-,22-/m0/s1. The highest BCUT2D eigenvalue weighted by atomic mass is 16.5. The molecule has 3 aromatic rings. The minimum absolute atomic E-state index is 0.0723. The van der Waals surface area contributed by atoms with Crippen molar-refractivity contribution in [2.75, 3.05) is 0 Å². The monoisotopic (exact) mass is 378 g/mol. The lowest BCUT2D eigenvalue weighted by atomic mass is 9.94. The number of benzene rings is 2. The third-order valence-corrected chi connectivity index (χ3v) is 4.64. The maximum Gasteiger partial charge on any atom is 0.278 e. The van der Waals surface area contributed by atoms with Crippen LogP contribution in [0, 0.1) is 0 Å². The lowest BCUT2D eigenvalue weighted by Gasteiger charge is -2.32. The van der Waals surface area contributed by atoms with Crippen molar-refractivity contribution in [3.05, 3.63) is 90.3 Å². The number of carbonyl (C=O) groups is 1. The predicted molar refractivity (Wildman–Crippen MR) is 104 cm³/mol. The van der Waals surface area contributed by atoms with Crippen LogP contribution in [-0.2, 0) is 16.1 Å². The third-order valence-electron chi connectivity index (χ3n) is 4.64. The first-order valence-electron chi connectivity index (χ1n) is 8.86. The van der Waals surface area contributed by atoms with E-state index in [0.717, 1.165) is 16.7 Å². The van der Waals surface area contributed by atoms with Crippen LogP contribution in [0.25, 0.3) is 11.1 Å². The van der Waals surface area contributed by atoms with Crippen LogP contribution in [0.2, 0.25) is 0 Å². The number of ether oxygens (including phenoxy) is 1. The van der Waals surface area contributed by atoms with Gasteiger partial charge in [-0.05, 0) is 35.7 Å². The number of hydroxylamine groups is 1. The highest BCUT2D eigenvalue weighted by molar-refractivity contribution is 5.84. The number of hydrogen-bond donors (Lipinski definition) is 3. The van der Waals surface area contributed by atoms with Gasteiger partial charge in [-0.25, -0.2) is 5.48 Å². The van der Waals surface area contributed by atoms with Gasteiger partial charge in [0.05, 0.1) is 12.3 Å². The van der Waals surface area contributed by atoms with Crippen LogP contribution in [0.3, 0.4) is 0 Å². The summed E-state index contributed by atoms with van der Waals surface area (Å²) in [5.74, 6) is -0.855. The zero-order chi connectivity index (χ0) is 20.0. The van der Waals surface area contributed by atoms with Crippen LogP contribution >= 0.6 is 0 Å². The van der Waals surface area contributed by atoms with Gasteiger partial charge in [0.2, 0.25) is 0 Å². The number of aliphatic hydroxyl groups excluding tert-OH is 1. The van der Waals surface area contributed by atoms with E-state index in [1.54, 1.807) is 23.7 Å². The Morgan fingerprint density at radius 3 is 2.29 bits per heavy atom. The first kappa shape index (κ1) is 19.7. The molecule has 1 heterocycles. The van der Waals surface area contributed by atoms with Crippen LogP contribution in [0.5, 0.6) is 0 Å². The molecule has 0 radical (unpaired) electrons. The molecule has 0 aliphatic carbocycles. The number of nitrogens with zero attached hydrogens (tertiary/aromatic N) is 1. The lowest BCUT2D eigenvalue weighted by Crippen LogP contribution is -2.50. The van der Waals surface area contributed by atoms with Crippen LogP contribution < -0.4 is 5.48 Å². The molecule has 6 nitrogen and oxygen atoms in total. The Kier molecular flexibility index (Phi) is 6.16. The zero-order valence-electron chi connectivity index (χ0n) is 15.4. The molecule has 3 N–H and O–H groups in total. The van der Waals surface area contributed by atoms with Crippen molar-refractivity contribution in [1.82, 2.24) is 10.5 Å². The van der Waals surface area contributed by atoms with Gasteiger partial charge < -0.3 is 9.84 Å². The molecule has 1 aromatic heterocycles. The minimum atomic E-state index is -1.72. The van der Waals surface area contributed by atoms with E-state index in [1.807, 2.05) is 54.6 Å². The van der Waals surface area contributed by atoms with Crippen LogP contribution in [-0.4, -0.2) is 26.8 Å². The van der Waals surface area contributed by atoms with E-state index in [9.17, 15) is 9.90 Å². The molecule has 0 spiro atoms. The zero-order valence-corrected chi connectivity index (χ0v) is 15.4. The normalized spacial score (nSPS) is 14.1. The largest absolute Gasteiger partial charge is 0.383 e. The van der Waals surface area contributed by atoms with Crippen molar-refractivity contribution < 1.29 is 19.8 Å². The average molecular weight is 378 g/mol. The van der Waals surface area contributed by atoms with Crippen molar-refractivity contribution in [3.63, 3.8) is 0 Å². The van der Waals surface area contributed by atoms with Gasteiger partial charge in [-0.2, -0.15) is 0 Å². The fraction of sp³-hybridized carbons (Fsp3) is 0.182. The van der Waals surface area contributed by atoms with Gasteiger partial charge in [-0.3, -0.25) is 15.0 Å². The number of rotatable bonds is 7. The third kappa shape index (κ3) is 4.26. The molecule has 0 aliphatic heterocycles. The number of nitrogens with one attached hydrogen (secondary N) is 1. The molecule has 0 fully saturated rings. The number of amides is 1. The maximum atomic E-state index is 12.2. The van der Waals surface area contributed by atoms with Crippen molar-refractivity contribution in [3.8, 4) is 11.1 Å². The van der Waals surface area contributed by atoms with Gasteiger partial charge in [-0.1, -0.05) is 60.7 Å². The smallest absolute Gasteiger partial charge is 0.278 e. The van der Waals surface area contributed by atoms with Gasteiger partial charge in [-0.15, -0.1) is 0 Å². The summed E-state index contributed by atoms with van der Waals surface area (Å²) in [5.41, 5.74) is 3.11. The summed E-state index contributed by atoms with van der Waals surface area (Å²) in [6.45, 7) is 1.49. The Labute approximate surface area is 163 Å². The van der Waals surface area contributed by atoms with E-state index in [1.165, 1.54) is 13.1 Å². The summed E-state index contributed by atoms with van der Waals surface area (Å²) < 4.78 is 5.77. The molecule has 2 atom stereocenters. The van der Waals surface area contributed by atoms with Crippen molar-refractivity contribution in [1.29, 1.82) is 0 Å². The van der Waals surface area contributed by atoms with E-state index < -0.39 is 17.6 Å². The molecule has 2 aromatic carbocycles. The average Bonchev–Trinajstić information content (AvgIpc) is 2.78. The number of hydrogen-bond acceptors (Lipinski definition) is 5. The Morgan fingerprint density at radius 2 is 1.68 bits per heavy atom. The van der Waals surface area contributed by atoms with Crippen LogP contribution in [0.15, 0.2) is 79.0 Å². The molecule has 6 heteroatoms. The SMILES string of the molecule is C[C@@](OCc1ccc(-c2ccccc2)cc1)(C(=O)NO)[C@@H](O)c1ccccn1. The summed E-state index contributed by atoms with van der Waals surface area (Å²) in [6.07, 6.45) is 0.155. The molecular weight excluding hydrogens is 356 g/mol. The van der Waals surface area contributed by atoms with Crippen LogP contribution in [0.1, 0.15) is 24.3 Å². The second-order valence-corrected chi connectivity index (χ2v) is 6.56. The van der Waals surface area contributed by atoms with Gasteiger partial charge >= 0.3 is 0 Å². The van der Waals surface area contributed by atoms with E-state index in [2.05, 4.69) is 4.98 Å². The van der Waals surface area contributed by atoms with E-state index in [-0.39, 0.29) is 12.3 Å². The summed E-state index contributed by atoms with van der Waals surface area (Å²) in [4.78, 5) is 16.3. The molecule has 28 heavy (non-hydrogen) atoms. The van der Waals surface area contributed by atoms with Crippen molar-refractivity contribution in [2.24, 2.45) is 0 Å². The lowest BCUT2D eigenvalue weighted by molar-refractivity contribution is -0.174. The van der Waals surface area contributed by atoms with Gasteiger partial charge in [0.25, 0.3) is 5.91 Å². The van der Waals surface area contributed by atoms with Gasteiger partial charge in [0.15, 0.2) is 5.60 Å². The molecule has 0 aliphatic rings. The maximum absolute atomic E-state index is 12.2. The second-order valence-electron chi connectivity index (χ2n) is 6.56. The fourth-order valence-corrected chi connectivity index (χ4v) is 2.86. The Hall–Kier alpha value is -3.06. The molecule has 0 saturated carbocycles. The minimum Gasteiger partial charge on any atom is -0.383 e. The van der Waals surface area contributed by atoms with Crippen molar-refractivity contribution >= 4 is 5.91 Å². The van der Waals surface area contributed by atoms with E-state index in [4.69, 9.17) is 9.94 Å². The Morgan fingerprint density at radius 1 is 1.04 bits per heavy atom. The Bertz CT molecular complexity index is 901. The summed E-state index contributed by atoms with van der Waals surface area (Å²) >= 11 is 0. The highest BCUT2D eigenvalue weighted by Gasteiger charge is 2.43. The molecule has 3 rings (SSSR count). The number of carbonyl (C=O) groups excluding carboxylic acids is 1. The van der Waals surface area contributed by atoms with Gasteiger partial charge in [0.1, 0.15) is 6.10 Å². The molecule has 0 bridgehead atoms. The predicted octanol–water partition coefficient (Wildman–Crippen LogP) is 3.26. The Balaban J connectivity index is 1.76. The molecule has 144 valence electrons. The highest BCUT2D eigenvalue weighted by Crippen LogP contribution is 2.30. The summed E-state index contributed by atoms with van der Waals surface area (Å²) in [7, 11) is 0. The summed E-state index contributed by atoms with van der Waals surface area (Å²) in [6, 6.07) is 22.7. The first-order valence-corrected chi connectivity index (χ1v) is 8.86. The summed E-state index contributed by atoms with van der Waals surface area (Å²) in [5, 5.41) is 19.8. The van der Waals surface area contributed by atoms with Gasteiger partial charge in [0, 0.05) is 6.20 Å². The molecule has 0 saturated heterocycles. The molecular formula is C22H22N2O4. The number of aromatic nitrogens is 1. The van der Waals surface area contributed by atoms with Crippen molar-refractivity contribution in [2.45, 2.75) is 25.2 Å². The number of aliphatic hydroxyl groups is 1.